The molecule has 0 amide bonds. The van der Waals surface area contributed by atoms with Crippen LogP contribution in [0.3, 0.4) is 0 Å². The number of aryl methyl sites for hydroxylation is 3. The zero-order valence-electron chi connectivity index (χ0n) is 13.7. The molecule has 0 atom stereocenters. The van der Waals surface area contributed by atoms with E-state index in [1.807, 2.05) is 38.1 Å². The number of anilines is 1. The lowest BCUT2D eigenvalue weighted by atomic mass is 10.0. The van der Waals surface area contributed by atoms with Crippen molar-refractivity contribution >= 4 is 11.5 Å². The molecule has 114 valence electrons. The van der Waals surface area contributed by atoms with Gasteiger partial charge in [0, 0.05) is 23.0 Å². The van der Waals surface area contributed by atoms with Crippen LogP contribution in [0.4, 0.5) is 5.69 Å². The number of carbonyl (C=O) groups excluding carboxylic acids is 1. The van der Waals surface area contributed by atoms with E-state index in [0.717, 1.165) is 23.4 Å². The maximum atomic E-state index is 12.3. The smallest absolute Gasteiger partial charge is 0.187 e. The van der Waals surface area contributed by atoms with Crippen molar-refractivity contribution in [1.82, 2.24) is 0 Å². The summed E-state index contributed by atoms with van der Waals surface area (Å²) in [6, 6.07) is 13.9. The molecule has 0 saturated carbocycles. The van der Waals surface area contributed by atoms with Gasteiger partial charge in [-0.2, -0.15) is 0 Å². The topological polar surface area (TPSA) is 29.1 Å². The molecule has 0 aliphatic rings. The van der Waals surface area contributed by atoms with Gasteiger partial charge in [-0.15, -0.1) is 0 Å². The summed E-state index contributed by atoms with van der Waals surface area (Å²) in [5.41, 5.74) is 6.28. The summed E-state index contributed by atoms with van der Waals surface area (Å²) in [6.07, 6.45) is 2.62. The van der Waals surface area contributed by atoms with Gasteiger partial charge in [-0.1, -0.05) is 55.0 Å². The molecule has 0 unspecified atom stereocenters. The Labute approximate surface area is 132 Å². The van der Waals surface area contributed by atoms with Gasteiger partial charge in [0.15, 0.2) is 5.78 Å². The minimum Gasteiger partial charge on any atom is -0.359 e. The van der Waals surface area contributed by atoms with E-state index < -0.39 is 0 Å². The molecule has 0 spiro atoms. The van der Waals surface area contributed by atoms with Crippen LogP contribution in [0.5, 0.6) is 0 Å². The lowest BCUT2D eigenvalue weighted by molar-refractivity contribution is 0.104. The Bertz CT molecular complexity index is 696. The van der Waals surface area contributed by atoms with Gasteiger partial charge in [-0.05, 0) is 38.3 Å². The lowest BCUT2D eigenvalue weighted by Gasteiger charge is -2.14. The number of ketones is 1. The van der Waals surface area contributed by atoms with Gasteiger partial charge >= 0.3 is 0 Å². The molecular weight excluding hydrogens is 270 g/mol. The summed E-state index contributed by atoms with van der Waals surface area (Å²) in [4.78, 5) is 12.3. The highest BCUT2D eigenvalue weighted by atomic mass is 16.1. The number of hydrogen-bond acceptors (Lipinski definition) is 2. The van der Waals surface area contributed by atoms with Crippen molar-refractivity contribution in [3.05, 3.63) is 76.5 Å². The molecule has 0 heterocycles. The fourth-order valence-electron chi connectivity index (χ4n) is 2.43. The molecule has 2 rings (SSSR count). The van der Waals surface area contributed by atoms with Crippen molar-refractivity contribution in [2.45, 2.75) is 34.1 Å². The second-order valence-electron chi connectivity index (χ2n) is 5.65. The van der Waals surface area contributed by atoms with Gasteiger partial charge in [0.25, 0.3) is 0 Å². The molecule has 0 fully saturated rings. The van der Waals surface area contributed by atoms with Crippen LogP contribution in [0.25, 0.3) is 0 Å². The molecule has 2 aromatic rings. The molecule has 2 heteroatoms. The molecule has 1 N–H and O–H groups in total. The van der Waals surface area contributed by atoms with Crippen LogP contribution in [-0.4, -0.2) is 5.78 Å². The van der Waals surface area contributed by atoms with Crippen LogP contribution >= 0.6 is 0 Å². The predicted octanol–water partition coefficient (Wildman–Crippen LogP) is 5.06. The van der Waals surface area contributed by atoms with Gasteiger partial charge in [0.1, 0.15) is 0 Å². The van der Waals surface area contributed by atoms with Crippen LogP contribution < -0.4 is 5.32 Å². The van der Waals surface area contributed by atoms with Gasteiger partial charge < -0.3 is 5.32 Å². The maximum Gasteiger partial charge on any atom is 0.187 e. The van der Waals surface area contributed by atoms with Crippen molar-refractivity contribution in [2.24, 2.45) is 0 Å². The van der Waals surface area contributed by atoms with Crippen molar-refractivity contribution in [3.8, 4) is 0 Å². The largest absolute Gasteiger partial charge is 0.359 e. The van der Waals surface area contributed by atoms with Gasteiger partial charge in [-0.25, -0.2) is 0 Å². The fourth-order valence-corrected chi connectivity index (χ4v) is 2.43. The molecule has 2 aromatic carbocycles. The second-order valence-corrected chi connectivity index (χ2v) is 5.65. The Kier molecular flexibility index (Phi) is 5.16. The third-order valence-corrected chi connectivity index (χ3v) is 3.75. The Balaban J connectivity index is 2.20. The Morgan fingerprint density at radius 2 is 1.77 bits per heavy atom. The van der Waals surface area contributed by atoms with E-state index in [-0.39, 0.29) is 5.78 Å². The summed E-state index contributed by atoms with van der Waals surface area (Å²) >= 11 is 0. The van der Waals surface area contributed by atoms with Crippen LogP contribution in [0.2, 0.25) is 0 Å². The fraction of sp³-hybridized carbons (Fsp3) is 0.250. The highest BCUT2D eigenvalue weighted by Crippen LogP contribution is 2.22. The molecule has 2 nitrogen and oxygen atoms in total. The normalized spacial score (nSPS) is 11.4. The molecule has 0 aromatic heterocycles. The van der Waals surface area contributed by atoms with E-state index in [1.165, 1.54) is 11.1 Å². The van der Waals surface area contributed by atoms with Crippen molar-refractivity contribution in [1.29, 1.82) is 0 Å². The number of benzene rings is 2. The zero-order valence-corrected chi connectivity index (χ0v) is 13.7. The number of para-hydroxylation sites is 1. The quantitative estimate of drug-likeness (QED) is 0.616. The monoisotopic (exact) mass is 293 g/mol. The molecular formula is C20H23NO. The van der Waals surface area contributed by atoms with Gasteiger partial charge in [0.05, 0.1) is 0 Å². The minimum absolute atomic E-state index is 0.0247. The predicted molar refractivity (Wildman–Crippen MR) is 93.4 cm³/mol. The number of carbonyl (C=O) groups is 1. The van der Waals surface area contributed by atoms with Gasteiger partial charge in [0.2, 0.25) is 0 Å². The molecule has 22 heavy (non-hydrogen) atoms. The number of allylic oxidation sites excluding steroid dienone is 2. The average Bonchev–Trinajstić information content (AvgIpc) is 2.49. The SMILES string of the molecule is CCc1cccc(C)c1N/C(C)=C/C(=O)c1ccc(C)cc1. The Hall–Kier alpha value is -2.35. The number of rotatable bonds is 5. The van der Waals surface area contributed by atoms with E-state index in [0.29, 0.717) is 5.56 Å². The van der Waals surface area contributed by atoms with Crippen LogP contribution in [0.15, 0.2) is 54.2 Å². The first-order chi connectivity index (χ1) is 10.5. The summed E-state index contributed by atoms with van der Waals surface area (Å²) in [5, 5.41) is 3.38. The van der Waals surface area contributed by atoms with Crippen molar-refractivity contribution in [3.63, 3.8) is 0 Å². The van der Waals surface area contributed by atoms with E-state index in [4.69, 9.17) is 0 Å². The van der Waals surface area contributed by atoms with Crippen molar-refractivity contribution < 1.29 is 4.79 Å². The number of nitrogens with one attached hydrogen (secondary N) is 1. The van der Waals surface area contributed by atoms with E-state index in [2.05, 4.69) is 37.4 Å². The zero-order chi connectivity index (χ0) is 16.1. The first kappa shape index (κ1) is 16.0. The summed E-state index contributed by atoms with van der Waals surface area (Å²) in [5.74, 6) is 0.0247. The van der Waals surface area contributed by atoms with E-state index in [9.17, 15) is 4.79 Å². The summed E-state index contributed by atoms with van der Waals surface area (Å²) < 4.78 is 0. The molecule has 0 saturated heterocycles. The first-order valence-electron chi connectivity index (χ1n) is 7.66. The third-order valence-electron chi connectivity index (χ3n) is 3.75. The molecule has 0 aliphatic carbocycles. The van der Waals surface area contributed by atoms with Crippen molar-refractivity contribution in [2.75, 3.05) is 5.32 Å². The highest BCUT2D eigenvalue weighted by Gasteiger charge is 2.06. The lowest BCUT2D eigenvalue weighted by Crippen LogP contribution is -2.04. The third kappa shape index (κ3) is 3.85. The standard InChI is InChI=1S/C20H23NO/c1-5-17-8-6-7-15(3)20(17)21-16(4)13-19(22)18-11-9-14(2)10-12-18/h6-13,21H,5H2,1-4H3/b16-13+. The maximum absolute atomic E-state index is 12.3. The Morgan fingerprint density at radius 3 is 2.41 bits per heavy atom. The van der Waals surface area contributed by atoms with E-state index >= 15 is 0 Å². The molecule has 0 bridgehead atoms. The van der Waals surface area contributed by atoms with E-state index in [1.54, 1.807) is 6.08 Å². The number of hydrogen-bond donors (Lipinski definition) is 1. The summed E-state index contributed by atoms with van der Waals surface area (Å²) in [6.45, 7) is 8.16. The molecule has 0 aliphatic heterocycles. The summed E-state index contributed by atoms with van der Waals surface area (Å²) in [7, 11) is 0. The van der Waals surface area contributed by atoms with Crippen LogP contribution in [-0.2, 0) is 6.42 Å². The Morgan fingerprint density at radius 1 is 1.09 bits per heavy atom. The minimum atomic E-state index is 0.0247. The second kappa shape index (κ2) is 7.08. The highest BCUT2D eigenvalue weighted by molar-refractivity contribution is 6.05. The molecule has 0 radical (unpaired) electrons. The first-order valence-corrected chi connectivity index (χ1v) is 7.66. The van der Waals surface area contributed by atoms with Crippen LogP contribution in [0, 0.1) is 13.8 Å². The van der Waals surface area contributed by atoms with Crippen LogP contribution in [0.1, 0.15) is 40.9 Å². The average molecular weight is 293 g/mol. The van der Waals surface area contributed by atoms with Gasteiger partial charge in [-0.3, -0.25) is 4.79 Å².